The Bertz CT molecular complexity index is 2920. The van der Waals surface area contributed by atoms with E-state index in [1.807, 2.05) is 24.4 Å². The van der Waals surface area contributed by atoms with Gasteiger partial charge in [-0.2, -0.15) is 90.5 Å². The molecule has 3 nitrogen and oxygen atoms in total. The summed E-state index contributed by atoms with van der Waals surface area (Å²) in [5.41, 5.74) is 11.4. The van der Waals surface area contributed by atoms with E-state index in [0.29, 0.717) is 0 Å². The molecule has 0 saturated carbocycles. The van der Waals surface area contributed by atoms with E-state index in [4.69, 9.17) is 9.97 Å². The predicted octanol–water partition coefficient (Wildman–Crippen LogP) is 13.1. The van der Waals surface area contributed by atoms with E-state index < -0.39 is 10.8 Å². The van der Waals surface area contributed by atoms with E-state index in [0.717, 1.165) is 50.1 Å². The van der Waals surface area contributed by atoms with Crippen molar-refractivity contribution in [1.82, 2.24) is 14.4 Å². The summed E-state index contributed by atoms with van der Waals surface area (Å²) in [6.07, 6.45) is 1.96. The van der Waals surface area contributed by atoms with Crippen molar-refractivity contribution in [3.05, 3.63) is 196 Å². The molecule has 3 aromatic heterocycles. The molecule has 1 aliphatic heterocycles. The molecule has 0 aliphatic carbocycles. The number of pyridine rings is 2. The second kappa shape index (κ2) is 14.1. The SMILES string of the molecule is CC(C)(C)c1cc[c-]c([C@@](C)(c2[c-]cccc2)c2nc3c4[c-]c(C(C)(c5[c-]cccc5)c5cc(C(C)(C)C)ccn5)ccc4c4cccc5c4n3c2C(C)(C)C5(C)C)c1.[Ir]. The van der Waals surface area contributed by atoms with Crippen molar-refractivity contribution in [1.29, 1.82) is 0 Å². The smallest absolute Gasteiger partial charge is 0.0617 e. The van der Waals surface area contributed by atoms with Crippen molar-refractivity contribution in [3.8, 4) is 0 Å². The number of nitrogens with zero attached hydrogens (tertiary/aromatic N) is 3. The van der Waals surface area contributed by atoms with Gasteiger partial charge in [0.25, 0.3) is 0 Å². The zero-order valence-corrected chi connectivity index (χ0v) is 39.5. The normalized spacial score (nSPS) is 16.7. The van der Waals surface area contributed by atoms with Gasteiger partial charge in [0, 0.05) is 59.2 Å². The van der Waals surface area contributed by atoms with Gasteiger partial charge >= 0.3 is 0 Å². The fourth-order valence-electron chi connectivity index (χ4n) is 9.68. The van der Waals surface area contributed by atoms with E-state index in [2.05, 4.69) is 203 Å². The Morgan fingerprint density at radius 3 is 1.83 bits per heavy atom. The molecule has 0 saturated heterocycles. The van der Waals surface area contributed by atoms with E-state index in [1.54, 1.807) is 0 Å². The molecule has 1 aliphatic rings. The van der Waals surface area contributed by atoms with E-state index in [9.17, 15) is 0 Å². The maximum absolute atomic E-state index is 5.96. The second-order valence-electron chi connectivity index (χ2n) is 20.3. The van der Waals surface area contributed by atoms with Crippen LogP contribution in [0.1, 0.15) is 139 Å². The third kappa shape index (κ3) is 5.99. The van der Waals surface area contributed by atoms with Gasteiger partial charge in [0.1, 0.15) is 0 Å². The van der Waals surface area contributed by atoms with Crippen LogP contribution in [-0.2, 0) is 52.6 Å². The van der Waals surface area contributed by atoms with E-state index in [1.165, 1.54) is 33.3 Å². The van der Waals surface area contributed by atoms with Gasteiger partial charge in [-0.1, -0.05) is 98.2 Å². The molecule has 2 atom stereocenters. The van der Waals surface area contributed by atoms with Gasteiger partial charge in [-0.3, -0.25) is 9.97 Å². The molecular formula is C56H55IrN3-4. The van der Waals surface area contributed by atoms with Gasteiger partial charge in [-0.05, 0) is 53.3 Å². The fraction of sp³-hybridized carbons (Fsp3) is 0.321. The zero-order chi connectivity index (χ0) is 41.9. The van der Waals surface area contributed by atoms with E-state index in [-0.39, 0.29) is 41.8 Å². The van der Waals surface area contributed by atoms with Crippen LogP contribution in [0.5, 0.6) is 0 Å². The minimum Gasteiger partial charge on any atom is -0.336 e. The van der Waals surface area contributed by atoms with Crippen molar-refractivity contribution in [2.45, 2.75) is 116 Å². The van der Waals surface area contributed by atoms with Gasteiger partial charge in [0.05, 0.1) is 17.0 Å². The minimum absolute atomic E-state index is 0. The molecule has 9 rings (SSSR count). The average molecular weight is 962 g/mol. The molecule has 8 aromatic rings. The summed E-state index contributed by atoms with van der Waals surface area (Å²) >= 11 is 0. The van der Waals surface area contributed by atoms with Gasteiger partial charge < -0.3 is 4.40 Å². The zero-order valence-electron chi connectivity index (χ0n) is 37.1. The van der Waals surface area contributed by atoms with Gasteiger partial charge in [0.15, 0.2) is 0 Å². The summed E-state index contributed by atoms with van der Waals surface area (Å²) in [7, 11) is 0. The van der Waals surface area contributed by atoms with Crippen LogP contribution < -0.4 is 0 Å². The standard InChI is InChI=1S/C56H55N3.Ir/c1-51(2,3)38-25-19-26-40(33-38)56(12,37-23-17-14-18-24-37)48-49-54(9,10)53(7,8)45-28-20-27-43-42-30-29-41(34-44(42)50(58-48)59(49)47(43)45)55(11,36-21-15-13-16-22-36)46-35-39(31-32-57-46)52(4,5)6;/h13-21,23,25,27-33,35H,1-12H3;/q-4;/t55?,56-;/m1./s1. The summed E-state index contributed by atoms with van der Waals surface area (Å²) in [5, 5.41) is 3.34. The number of benzene rings is 5. The molecule has 1 unspecified atom stereocenters. The molecule has 60 heavy (non-hydrogen) atoms. The third-order valence-electron chi connectivity index (χ3n) is 14.3. The van der Waals surface area contributed by atoms with Crippen molar-refractivity contribution in [2.24, 2.45) is 0 Å². The maximum Gasteiger partial charge on any atom is 0.0617 e. The molecule has 0 spiro atoms. The number of rotatable bonds is 6. The Labute approximate surface area is 371 Å². The fourth-order valence-corrected chi connectivity index (χ4v) is 9.68. The van der Waals surface area contributed by atoms with Crippen molar-refractivity contribution >= 4 is 27.3 Å². The first-order valence-corrected chi connectivity index (χ1v) is 21.1. The van der Waals surface area contributed by atoms with Crippen molar-refractivity contribution < 1.29 is 20.1 Å². The van der Waals surface area contributed by atoms with Gasteiger partial charge in [-0.25, -0.2) is 0 Å². The Morgan fingerprint density at radius 1 is 0.567 bits per heavy atom. The van der Waals surface area contributed by atoms with Crippen molar-refractivity contribution in [2.75, 3.05) is 0 Å². The van der Waals surface area contributed by atoms with Crippen LogP contribution >= 0.6 is 0 Å². The number of hydrogen-bond donors (Lipinski definition) is 0. The molecule has 0 fully saturated rings. The molecule has 0 N–H and O–H groups in total. The number of fused-ring (bicyclic) bond motifs is 3. The van der Waals surface area contributed by atoms with E-state index >= 15 is 0 Å². The van der Waals surface area contributed by atoms with Crippen LogP contribution in [0.3, 0.4) is 0 Å². The molecule has 307 valence electrons. The Balaban J connectivity index is 0.00000499. The molecule has 1 radical (unpaired) electrons. The first kappa shape index (κ1) is 41.8. The van der Waals surface area contributed by atoms with Gasteiger partial charge in [0.2, 0.25) is 0 Å². The van der Waals surface area contributed by atoms with Crippen LogP contribution in [0.4, 0.5) is 0 Å². The van der Waals surface area contributed by atoms with Crippen LogP contribution in [0.15, 0.2) is 115 Å². The topological polar surface area (TPSA) is 30.2 Å². The maximum atomic E-state index is 5.96. The minimum atomic E-state index is -0.690. The van der Waals surface area contributed by atoms with Crippen LogP contribution in [0, 0.1) is 24.3 Å². The molecule has 5 aromatic carbocycles. The van der Waals surface area contributed by atoms with Gasteiger partial charge in [-0.15, -0.1) is 40.5 Å². The van der Waals surface area contributed by atoms with Crippen LogP contribution in [0.2, 0.25) is 0 Å². The van der Waals surface area contributed by atoms with Crippen LogP contribution in [-0.4, -0.2) is 14.4 Å². The monoisotopic (exact) mass is 962 g/mol. The first-order valence-electron chi connectivity index (χ1n) is 21.1. The molecule has 0 bridgehead atoms. The summed E-state index contributed by atoms with van der Waals surface area (Å²) < 4.78 is 2.51. The molecule has 4 heteroatoms. The Kier molecular flexibility index (Phi) is 9.82. The molecular weight excluding hydrogens is 907 g/mol. The summed E-state index contributed by atoms with van der Waals surface area (Å²) in [4.78, 5) is 11.1. The Hall–Kier alpha value is -4.89. The van der Waals surface area contributed by atoms with Crippen LogP contribution in [0.25, 0.3) is 27.3 Å². The average Bonchev–Trinajstić information content (AvgIpc) is 3.65. The summed E-state index contributed by atoms with van der Waals surface area (Å²) in [5.74, 6) is 0. The predicted molar refractivity (Wildman–Crippen MR) is 244 cm³/mol. The molecule has 0 amide bonds. The second-order valence-corrected chi connectivity index (χ2v) is 20.3. The quantitative estimate of drug-likeness (QED) is 0.123. The number of aromatic nitrogens is 3. The first-order chi connectivity index (χ1) is 27.8. The molecule has 4 heterocycles. The summed E-state index contributed by atoms with van der Waals surface area (Å²) in [6, 6.07) is 54.4. The Morgan fingerprint density at radius 2 is 1.20 bits per heavy atom. The number of imidazole rings is 1. The van der Waals surface area contributed by atoms with Crippen molar-refractivity contribution in [3.63, 3.8) is 0 Å². The number of hydrogen-bond acceptors (Lipinski definition) is 2. The summed E-state index contributed by atoms with van der Waals surface area (Å²) in [6.45, 7) is 27.9. The number of para-hydroxylation sites is 1. The largest absolute Gasteiger partial charge is 0.336 e. The third-order valence-corrected chi connectivity index (χ3v) is 14.3.